The van der Waals surface area contributed by atoms with Crippen molar-refractivity contribution in [3.63, 3.8) is 0 Å². The summed E-state index contributed by atoms with van der Waals surface area (Å²) in [7, 11) is 0. The summed E-state index contributed by atoms with van der Waals surface area (Å²) in [6.45, 7) is 2.22. The Kier molecular flexibility index (Phi) is 3.27. The fourth-order valence-corrected chi connectivity index (χ4v) is 1.79. The molecule has 0 aromatic carbocycles. The van der Waals surface area contributed by atoms with E-state index < -0.39 is 0 Å². The Morgan fingerprint density at radius 1 is 1.70 bits per heavy atom. The van der Waals surface area contributed by atoms with Gasteiger partial charge in [0.25, 0.3) is 0 Å². The minimum atomic E-state index is 0.423. The Labute approximate surface area is 68.3 Å². The highest BCUT2D eigenvalue weighted by Crippen LogP contribution is 2.25. The molecule has 0 aliphatic heterocycles. The van der Waals surface area contributed by atoms with E-state index in [2.05, 4.69) is 13.0 Å². The zero-order valence-electron chi connectivity index (χ0n) is 6.57. The molecular weight excluding hydrogens is 144 g/mol. The number of halogens is 1. The predicted octanol–water partition coefficient (Wildman–Crippen LogP) is 3.50. The van der Waals surface area contributed by atoms with E-state index >= 15 is 0 Å². The van der Waals surface area contributed by atoms with Crippen LogP contribution in [0, 0.1) is 0 Å². The quantitative estimate of drug-likeness (QED) is 0.426. The summed E-state index contributed by atoms with van der Waals surface area (Å²) in [5, 5.41) is 0.423. The second kappa shape index (κ2) is 4.02. The summed E-state index contributed by atoms with van der Waals surface area (Å²) in [5.41, 5.74) is 1.58. The van der Waals surface area contributed by atoms with Crippen LogP contribution in [-0.4, -0.2) is 5.38 Å². The predicted molar refractivity (Wildman–Crippen MR) is 46.5 cm³/mol. The molecule has 0 spiro atoms. The zero-order chi connectivity index (χ0) is 7.40. The molecule has 0 heterocycles. The van der Waals surface area contributed by atoms with E-state index in [9.17, 15) is 0 Å². The summed E-state index contributed by atoms with van der Waals surface area (Å²) in [5.74, 6) is 0. The minimum Gasteiger partial charge on any atom is -0.123 e. The molecule has 1 aliphatic rings. The molecule has 58 valence electrons. The number of allylic oxidation sites excluding steroid dienone is 2. The standard InChI is InChI=1S/C9H15Cl/c1-2-4-8-5-3-6-9(10)7-8/h5,9H,2-4,6-7H2,1H3. The molecule has 10 heavy (non-hydrogen) atoms. The first-order valence-corrected chi connectivity index (χ1v) is 4.58. The molecule has 0 N–H and O–H groups in total. The molecule has 0 amide bonds. The van der Waals surface area contributed by atoms with Crippen LogP contribution in [0.15, 0.2) is 11.6 Å². The topological polar surface area (TPSA) is 0 Å². The first-order chi connectivity index (χ1) is 4.83. The second-order valence-electron chi connectivity index (χ2n) is 2.99. The van der Waals surface area contributed by atoms with Gasteiger partial charge < -0.3 is 0 Å². The molecule has 0 nitrogen and oxygen atoms in total. The molecule has 1 unspecified atom stereocenters. The summed E-state index contributed by atoms with van der Waals surface area (Å²) >= 11 is 6.01. The van der Waals surface area contributed by atoms with Crippen molar-refractivity contribution in [1.82, 2.24) is 0 Å². The third-order valence-electron chi connectivity index (χ3n) is 1.97. The van der Waals surface area contributed by atoms with Crippen molar-refractivity contribution >= 4 is 11.6 Å². The largest absolute Gasteiger partial charge is 0.123 e. The Hall–Kier alpha value is 0.0300. The molecule has 0 radical (unpaired) electrons. The lowest BCUT2D eigenvalue weighted by Gasteiger charge is -2.16. The molecule has 1 aliphatic carbocycles. The summed E-state index contributed by atoms with van der Waals surface area (Å²) in [4.78, 5) is 0. The number of hydrogen-bond acceptors (Lipinski definition) is 0. The first-order valence-electron chi connectivity index (χ1n) is 4.15. The lowest BCUT2D eigenvalue weighted by atomic mass is 9.96. The Bertz CT molecular complexity index is 127. The smallest absolute Gasteiger partial charge is 0.0376 e. The van der Waals surface area contributed by atoms with Crippen LogP contribution in [0.4, 0.5) is 0 Å². The second-order valence-corrected chi connectivity index (χ2v) is 3.61. The van der Waals surface area contributed by atoms with E-state index in [1.54, 1.807) is 5.57 Å². The average molecular weight is 159 g/mol. The maximum absolute atomic E-state index is 6.01. The maximum atomic E-state index is 6.01. The van der Waals surface area contributed by atoms with Gasteiger partial charge in [0, 0.05) is 5.38 Å². The van der Waals surface area contributed by atoms with Crippen LogP contribution in [0.5, 0.6) is 0 Å². The Morgan fingerprint density at radius 3 is 3.10 bits per heavy atom. The number of hydrogen-bond donors (Lipinski definition) is 0. The summed E-state index contributed by atoms with van der Waals surface area (Å²) in [6.07, 6.45) is 8.38. The molecule has 0 saturated heterocycles. The highest BCUT2D eigenvalue weighted by Gasteiger charge is 2.10. The van der Waals surface area contributed by atoms with Crippen molar-refractivity contribution in [3.8, 4) is 0 Å². The fraction of sp³-hybridized carbons (Fsp3) is 0.778. The minimum absolute atomic E-state index is 0.423. The number of alkyl halides is 1. The van der Waals surface area contributed by atoms with Gasteiger partial charge in [0.1, 0.15) is 0 Å². The van der Waals surface area contributed by atoms with E-state index in [4.69, 9.17) is 11.6 Å². The van der Waals surface area contributed by atoms with Gasteiger partial charge >= 0.3 is 0 Å². The highest BCUT2D eigenvalue weighted by molar-refractivity contribution is 6.20. The van der Waals surface area contributed by atoms with Gasteiger partial charge in [-0.15, -0.1) is 11.6 Å². The van der Waals surface area contributed by atoms with Gasteiger partial charge in [0.15, 0.2) is 0 Å². The van der Waals surface area contributed by atoms with Crippen molar-refractivity contribution in [2.45, 2.75) is 44.4 Å². The Balaban J connectivity index is 2.36. The molecule has 0 aromatic rings. The summed E-state index contributed by atoms with van der Waals surface area (Å²) in [6, 6.07) is 0. The first kappa shape index (κ1) is 8.13. The van der Waals surface area contributed by atoms with E-state index in [0.29, 0.717) is 5.38 Å². The van der Waals surface area contributed by atoms with Crippen LogP contribution < -0.4 is 0 Å². The molecule has 0 aromatic heterocycles. The van der Waals surface area contributed by atoms with Gasteiger partial charge in [-0.3, -0.25) is 0 Å². The van der Waals surface area contributed by atoms with Crippen LogP contribution in [0.25, 0.3) is 0 Å². The number of rotatable bonds is 2. The van der Waals surface area contributed by atoms with Gasteiger partial charge in [0.05, 0.1) is 0 Å². The molecular formula is C9H15Cl. The lowest BCUT2D eigenvalue weighted by molar-refractivity contribution is 0.677. The molecule has 1 rings (SSSR count). The maximum Gasteiger partial charge on any atom is 0.0376 e. The van der Waals surface area contributed by atoms with Crippen LogP contribution in [-0.2, 0) is 0 Å². The van der Waals surface area contributed by atoms with Gasteiger partial charge in [0.2, 0.25) is 0 Å². The molecule has 0 fully saturated rings. The Morgan fingerprint density at radius 2 is 2.50 bits per heavy atom. The lowest BCUT2D eigenvalue weighted by Crippen LogP contribution is -2.04. The normalized spacial score (nSPS) is 26.2. The molecule has 0 bridgehead atoms. The van der Waals surface area contributed by atoms with E-state index in [-0.39, 0.29) is 0 Å². The van der Waals surface area contributed by atoms with E-state index in [1.807, 2.05) is 0 Å². The van der Waals surface area contributed by atoms with Crippen molar-refractivity contribution in [2.75, 3.05) is 0 Å². The van der Waals surface area contributed by atoms with Crippen molar-refractivity contribution in [2.24, 2.45) is 0 Å². The van der Waals surface area contributed by atoms with Crippen LogP contribution in [0.2, 0.25) is 0 Å². The fourth-order valence-electron chi connectivity index (χ4n) is 1.46. The third kappa shape index (κ3) is 2.34. The van der Waals surface area contributed by atoms with E-state index in [1.165, 1.54) is 25.7 Å². The van der Waals surface area contributed by atoms with Gasteiger partial charge in [-0.25, -0.2) is 0 Å². The van der Waals surface area contributed by atoms with E-state index in [0.717, 1.165) is 6.42 Å². The highest BCUT2D eigenvalue weighted by atomic mass is 35.5. The average Bonchev–Trinajstić information content (AvgIpc) is 1.88. The van der Waals surface area contributed by atoms with Gasteiger partial charge in [-0.1, -0.05) is 25.0 Å². The zero-order valence-corrected chi connectivity index (χ0v) is 7.32. The SMILES string of the molecule is CCCC1=CCCC(Cl)C1. The van der Waals surface area contributed by atoms with Crippen molar-refractivity contribution < 1.29 is 0 Å². The molecule has 1 atom stereocenters. The summed E-state index contributed by atoms with van der Waals surface area (Å²) < 4.78 is 0. The monoisotopic (exact) mass is 158 g/mol. The van der Waals surface area contributed by atoms with Crippen molar-refractivity contribution in [3.05, 3.63) is 11.6 Å². The van der Waals surface area contributed by atoms with Gasteiger partial charge in [-0.05, 0) is 25.7 Å². The van der Waals surface area contributed by atoms with Crippen LogP contribution in [0.1, 0.15) is 39.0 Å². The van der Waals surface area contributed by atoms with Crippen LogP contribution >= 0.6 is 11.6 Å². The third-order valence-corrected chi connectivity index (χ3v) is 2.34. The van der Waals surface area contributed by atoms with Crippen molar-refractivity contribution in [1.29, 1.82) is 0 Å². The molecule has 1 heteroatoms. The molecule has 0 saturated carbocycles. The van der Waals surface area contributed by atoms with Gasteiger partial charge in [-0.2, -0.15) is 0 Å². The van der Waals surface area contributed by atoms with Crippen LogP contribution in [0.3, 0.4) is 0 Å².